The van der Waals surface area contributed by atoms with E-state index in [0.29, 0.717) is 0 Å². The summed E-state index contributed by atoms with van der Waals surface area (Å²) in [6, 6.07) is 0. The van der Waals surface area contributed by atoms with Crippen LogP contribution in [0, 0.1) is 0 Å². The Morgan fingerprint density at radius 3 is 2.20 bits per heavy atom. The van der Waals surface area contributed by atoms with Crippen molar-refractivity contribution in [3.8, 4) is 0 Å². The average Bonchev–Trinajstić information content (AvgIpc) is 1.79. The fourth-order valence-corrected chi connectivity index (χ4v) is 1.18. The Balaban J connectivity index is 2.91. The van der Waals surface area contributed by atoms with Crippen molar-refractivity contribution in [2.24, 2.45) is 0 Å². The predicted molar refractivity (Wildman–Crippen MR) is 43.6 cm³/mol. The molecule has 0 aliphatic carbocycles. The minimum atomic E-state index is -1.91. The third-order valence-corrected chi connectivity index (χ3v) is 1.98. The Bertz CT molecular complexity index is 72.1. The average molecular weight is 208 g/mol. The van der Waals surface area contributed by atoms with Gasteiger partial charge in [0.05, 0.1) is 13.2 Å². The zero-order valence-electron chi connectivity index (χ0n) is 5.46. The van der Waals surface area contributed by atoms with Gasteiger partial charge in [0.2, 0.25) is 16.6 Å². The molecule has 0 N–H and O–H groups in total. The van der Waals surface area contributed by atoms with E-state index in [-0.39, 0.29) is 13.2 Å². The van der Waals surface area contributed by atoms with E-state index in [2.05, 4.69) is 9.05 Å². The molecule has 0 amide bonds. The van der Waals surface area contributed by atoms with Crippen LogP contribution in [-0.4, -0.2) is 19.9 Å². The SMILES string of the molecule is CP(F)OCCOP(F)P. The van der Waals surface area contributed by atoms with Crippen LogP contribution in [0.25, 0.3) is 0 Å². The van der Waals surface area contributed by atoms with Crippen LogP contribution >= 0.6 is 25.5 Å². The van der Waals surface area contributed by atoms with E-state index in [1.54, 1.807) is 0 Å². The van der Waals surface area contributed by atoms with E-state index in [4.69, 9.17) is 0 Å². The van der Waals surface area contributed by atoms with Gasteiger partial charge in [0.15, 0.2) is 0 Å². The summed E-state index contributed by atoms with van der Waals surface area (Å²) in [6.45, 7) is 1.56. The molecule has 0 aromatic rings. The normalized spacial score (nSPS) is 16.8. The number of halogens is 2. The van der Waals surface area contributed by atoms with Crippen LogP contribution in [-0.2, 0) is 9.05 Å². The first-order chi connectivity index (χ1) is 4.63. The smallest absolute Gasteiger partial charge is 0.236 e. The minimum absolute atomic E-state index is 0.113. The van der Waals surface area contributed by atoms with Crippen LogP contribution < -0.4 is 0 Å². The van der Waals surface area contributed by atoms with Gasteiger partial charge in [0.1, 0.15) is 0 Å². The predicted octanol–water partition coefficient (Wildman–Crippen LogP) is 3.00. The van der Waals surface area contributed by atoms with Crippen molar-refractivity contribution in [2.45, 2.75) is 0 Å². The molecule has 0 saturated heterocycles. The molecule has 2 nitrogen and oxygen atoms in total. The highest BCUT2D eigenvalue weighted by molar-refractivity contribution is 8.08. The zero-order chi connectivity index (χ0) is 7.98. The third kappa shape index (κ3) is 9.07. The van der Waals surface area contributed by atoms with Gasteiger partial charge in [0.25, 0.3) is 0 Å². The Morgan fingerprint density at radius 2 is 1.80 bits per heavy atom. The maximum absolute atomic E-state index is 11.9. The monoisotopic (exact) mass is 208 g/mol. The quantitative estimate of drug-likeness (QED) is 0.510. The lowest BCUT2D eigenvalue weighted by Crippen LogP contribution is -1.94. The topological polar surface area (TPSA) is 18.5 Å². The molecule has 0 rings (SSSR count). The van der Waals surface area contributed by atoms with Gasteiger partial charge in [-0.3, -0.25) is 0 Å². The van der Waals surface area contributed by atoms with Crippen molar-refractivity contribution < 1.29 is 17.4 Å². The fraction of sp³-hybridized carbons (Fsp3) is 1.00. The van der Waals surface area contributed by atoms with E-state index in [0.717, 1.165) is 0 Å². The standard InChI is InChI=1S/C3H9F2O2P3/c1-9(4)6-2-3-7-10(5)8/h2-3,8H2,1H3. The van der Waals surface area contributed by atoms with Gasteiger partial charge in [0, 0.05) is 6.66 Å². The first-order valence-electron chi connectivity index (χ1n) is 2.49. The highest BCUT2D eigenvalue weighted by Gasteiger charge is 2.00. The van der Waals surface area contributed by atoms with Gasteiger partial charge in [-0.1, -0.05) is 0 Å². The van der Waals surface area contributed by atoms with Crippen molar-refractivity contribution in [1.29, 1.82) is 0 Å². The molecule has 0 bridgehead atoms. The first kappa shape index (κ1) is 11.1. The second-order valence-corrected chi connectivity index (χ2v) is 4.48. The van der Waals surface area contributed by atoms with Crippen LogP contribution in [0.15, 0.2) is 0 Å². The maximum atomic E-state index is 11.9. The summed E-state index contributed by atoms with van der Waals surface area (Å²) in [6.07, 6.45) is 0. The summed E-state index contributed by atoms with van der Waals surface area (Å²) in [5.41, 5.74) is 0. The van der Waals surface area contributed by atoms with Crippen molar-refractivity contribution in [3.63, 3.8) is 0 Å². The fourth-order valence-electron chi connectivity index (χ4n) is 0.288. The van der Waals surface area contributed by atoms with Gasteiger partial charge in [-0.05, 0) is 8.93 Å². The minimum Gasteiger partial charge on any atom is -0.328 e. The molecule has 0 aromatic heterocycles. The second-order valence-electron chi connectivity index (χ2n) is 1.36. The summed E-state index contributed by atoms with van der Waals surface area (Å²) in [5.74, 6) is 0. The Labute approximate surface area is 63.7 Å². The molecule has 62 valence electrons. The van der Waals surface area contributed by atoms with Crippen molar-refractivity contribution in [1.82, 2.24) is 0 Å². The molecule has 0 aliphatic rings. The Hall–Kier alpha value is 1.07. The summed E-state index contributed by atoms with van der Waals surface area (Å²) >= 11 is 0. The molecule has 10 heavy (non-hydrogen) atoms. The molecule has 3 unspecified atom stereocenters. The largest absolute Gasteiger partial charge is 0.328 e. The highest BCUT2D eigenvalue weighted by Crippen LogP contribution is 2.46. The van der Waals surface area contributed by atoms with Gasteiger partial charge in [-0.2, -0.15) is 8.39 Å². The highest BCUT2D eigenvalue weighted by atomic mass is 32.0. The molecule has 0 saturated carbocycles. The lowest BCUT2D eigenvalue weighted by atomic mass is 10.8. The molecule has 0 aliphatic heterocycles. The molecule has 7 heteroatoms. The first-order valence-corrected chi connectivity index (χ1v) is 6.85. The lowest BCUT2D eigenvalue weighted by Gasteiger charge is -2.04. The molecule has 0 aromatic carbocycles. The van der Waals surface area contributed by atoms with E-state index in [1.807, 2.05) is 8.93 Å². The molecule has 3 atom stereocenters. The van der Waals surface area contributed by atoms with Gasteiger partial charge >= 0.3 is 0 Å². The van der Waals surface area contributed by atoms with Crippen LogP contribution in [0.1, 0.15) is 0 Å². The summed E-state index contributed by atoms with van der Waals surface area (Å²) in [5, 5.41) is 0. The molecule has 0 fully saturated rings. The lowest BCUT2D eigenvalue weighted by molar-refractivity contribution is 0.236. The summed E-state index contributed by atoms with van der Waals surface area (Å²) in [4.78, 5) is 0. The van der Waals surface area contributed by atoms with E-state index < -0.39 is 16.6 Å². The third-order valence-electron chi connectivity index (χ3n) is 0.567. The number of rotatable bonds is 5. The van der Waals surface area contributed by atoms with Gasteiger partial charge in [-0.15, -0.1) is 0 Å². The van der Waals surface area contributed by atoms with E-state index >= 15 is 0 Å². The molecule has 0 spiro atoms. The van der Waals surface area contributed by atoms with Gasteiger partial charge < -0.3 is 9.05 Å². The summed E-state index contributed by atoms with van der Waals surface area (Å²) < 4.78 is 32.8. The van der Waals surface area contributed by atoms with Crippen molar-refractivity contribution in [2.75, 3.05) is 19.9 Å². The van der Waals surface area contributed by atoms with Crippen molar-refractivity contribution >= 4 is 25.5 Å². The molecule has 0 radical (unpaired) electrons. The number of hydrogen-bond acceptors (Lipinski definition) is 2. The molecular weight excluding hydrogens is 199 g/mol. The zero-order valence-corrected chi connectivity index (χ0v) is 8.40. The number of hydrogen-bond donors (Lipinski definition) is 0. The maximum Gasteiger partial charge on any atom is 0.236 e. The van der Waals surface area contributed by atoms with Gasteiger partial charge in [-0.25, -0.2) is 0 Å². The summed E-state index contributed by atoms with van der Waals surface area (Å²) in [7, 11) is -1.86. The van der Waals surface area contributed by atoms with Crippen LogP contribution in [0.5, 0.6) is 0 Å². The van der Waals surface area contributed by atoms with Crippen LogP contribution in [0.2, 0.25) is 0 Å². The Kier molecular flexibility index (Phi) is 7.48. The second kappa shape index (κ2) is 6.76. The molecule has 0 heterocycles. The van der Waals surface area contributed by atoms with E-state index in [9.17, 15) is 8.39 Å². The van der Waals surface area contributed by atoms with Crippen LogP contribution in [0.4, 0.5) is 8.39 Å². The Morgan fingerprint density at radius 1 is 1.30 bits per heavy atom. The molecular formula is C3H9F2O2P3. The van der Waals surface area contributed by atoms with Crippen LogP contribution in [0.3, 0.4) is 0 Å². The van der Waals surface area contributed by atoms with E-state index in [1.165, 1.54) is 6.66 Å². The van der Waals surface area contributed by atoms with Crippen molar-refractivity contribution in [3.05, 3.63) is 0 Å².